The van der Waals surface area contributed by atoms with E-state index >= 15 is 0 Å². The Bertz CT molecular complexity index is 1150. The number of anilines is 4. The molecule has 0 unspecified atom stereocenters. The van der Waals surface area contributed by atoms with E-state index in [1.807, 2.05) is 22.9 Å². The molecule has 4 aromatic rings. The van der Waals surface area contributed by atoms with Crippen LogP contribution in [0.3, 0.4) is 0 Å². The molecule has 0 spiro atoms. The van der Waals surface area contributed by atoms with E-state index in [4.69, 9.17) is 5.11 Å². The van der Waals surface area contributed by atoms with Crippen LogP contribution in [0.5, 0.6) is 5.75 Å². The molecule has 0 aliphatic carbocycles. The Labute approximate surface area is 165 Å². The molecule has 148 valence electrons. The summed E-state index contributed by atoms with van der Waals surface area (Å²) in [6.07, 6.45) is 3.46. The van der Waals surface area contributed by atoms with Crippen LogP contribution in [0.15, 0.2) is 54.9 Å². The van der Waals surface area contributed by atoms with Crippen molar-refractivity contribution < 1.29 is 14.6 Å². The molecule has 9 heteroatoms. The standard InChI is InChI=1S/C20H19FN6O2/c21-17-12-22-20(26-19(17)24-14-3-1-4-16(29)10-14)25-15-5-6-18-13(9-15)11-23-27(18)7-2-8-28/h1,3-6,9-12,28-29H,2,7-8H2,(H2,22,24,25,26). The number of nitrogens with one attached hydrogen (secondary N) is 2. The Kier molecular flexibility index (Phi) is 5.21. The molecule has 0 aliphatic rings. The van der Waals surface area contributed by atoms with Crippen LogP contribution in [0.4, 0.5) is 27.5 Å². The van der Waals surface area contributed by atoms with Crippen LogP contribution in [0.2, 0.25) is 0 Å². The van der Waals surface area contributed by atoms with Crippen molar-refractivity contribution in [1.82, 2.24) is 19.7 Å². The number of aromatic hydroxyl groups is 1. The van der Waals surface area contributed by atoms with Crippen LogP contribution in [0.25, 0.3) is 10.9 Å². The number of halogens is 1. The number of phenols is 1. The van der Waals surface area contributed by atoms with Gasteiger partial charge in [-0.05, 0) is 36.8 Å². The molecule has 29 heavy (non-hydrogen) atoms. The maximum atomic E-state index is 14.1. The number of phenolic OH excluding ortho intramolecular Hbond substituents is 1. The first kappa shape index (κ1) is 18.6. The molecular weight excluding hydrogens is 375 g/mol. The maximum Gasteiger partial charge on any atom is 0.229 e. The Morgan fingerprint density at radius 2 is 1.90 bits per heavy atom. The second-order valence-electron chi connectivity index (χ2n) is 6.41. The number of aliphatic hydroxyl groups excluding tert-OH is 1. The summed E-state index contributed by atoms with van der Waals surface area (Å²) in [4.78, 5) is 8.16. The molecular formula is C20H19FN6O2. The zero-order valence-electron chi connectivity index (χ0n) is 15.4. The summed E-state index contributed by atoms with van der Waals surface area (Å²) in [5, 5.41) is 29.7. The number of aromatic nitrogens is 4. The second-order valence-corrected chi connectivity index (χ2v) is 6.41. The number of hydrogen-bond acceptors (Lipinski definition) is 7. The number of aliphatic hydroxyl groups is 1. The van der Waals surface area contributed by atoms with Crippen molar-refractivity contribution >= 4 is 34.0 Å². The van der Waals surface area contributed by atoms with Gasteiger partial charge in [-0.15, -0.1) is 0 Å². The predicted octanol–water partition coefficient (Wildman–Crippen LogP) is 3.54. The van der Waals surface area contributed by atoms with Crippen LogP contribution in [0.1, 0.15) is 6.42 Å². The van der Waals surface area contributed by atoms with Crippen molar-refractivity contribution in [2.45, 2.75) is 13.0 Å². The van der Waals surface area contributed by atoms with E-state index in [-0.39, 0.29) is 24.1 Å². The lowest BCUT2D eigenvalue weighted by Crippen LogP contribution is -2.03. The largest absolute Gasteiger partial charge is 0.508 e. The summed E-state index contributed by atoms with van der Waals surface area (Å²) in [6, 6.07) is 12.0. The van der Waals surface area contributed by atoms with E-state index < -0.39 is 5.82 Å². The van der Waals surface area contributed by atoms with E-state index in [2.05, 4.69) is 25.7 Å². The van der Waals surface area contributed by atoms with Crippen molar-refractivity contribution in [2.24, 2.45) is 0 Å². The Balaban J connectivity index is 1.54. The molecule has 0 bridgehead atoms. The summed E-state index contributed by atoms with van der Waals surface area (Å²) >= 11 is 0. The van der Waals surface area contributed by atoms with Crippen LogP contribution in [0, 0.1) is 5.82 Å². The quantitative estimate of drug-likeness (QED) is 0.380. The zero-order chi connectivity index (χ0) is 20.2. The number of aryl methyl sites for hydroxylation is 1. The van der Waals surface area contributed by atoms with Crippen molar-refractivity contribution in [3.8, 4) is 5.75 Å². The molecule has 0 radical (unpaired) electrons. The fraction of sp³-hybridized carbons (Fsp3) is 0.150. The maximum absolute atomic E-state index is 14.1. The first-order valence-corrected chi connectivity index (χ1v) is 9.04. The first-order valence-electron chi connectivity index (χ1n) is 9.04. The number of rotatable bonds is 7. The van der Waals surface area contributed by atoms with E-state index in [0.29, 0.717) is 18.7 Å². The molecule has 2 aromatic carbocycles. The summed E-state index contributed by atoms with van der Waals surface area (Å²) in [5.41, 5.74) is 2.19. The van der Waals surface area contributed by atoms with Crippen LogP contribution in [-0.4, -0.2) is 36.6 Å². The lowest BCUT2D eigenvalue weighted by atomic mass is 10.2. The molecule has 0 saturated heterocycles. The molecule has 0 aliphatic heterocycles. The highest BCUT2D eigenvalue weighted by atomic mass is 19.1. The van der Waals surface area contributed by atoms with Gasteiger partial charge in [0.1, 0.15) is 5.75 Å². The average Bonchev–Trinajstić information content (AvgIpc) is 3.11. The van der Waals surface area contributed by atoms with Gasteiger partial charge in [-0.1, -0.05) is 6.07 Å². The normalized spacial score (nSPS) is 11.0. The highest BCUT2D eigenvalue weighted by Gasteiger charge is 2.09. The Morgan fingerprint density at radius 3 is 2.72 bits per heavy atom. The summed E-state index contributed by atoms with van der Waals surface area (Å²) in [5.74, 6) is -0.331. The lowest BCUT2D eigenvalue weighted by Gasteiger charge is -2.10. The van der Waals surface area contributed by atoms with E-state index in [9.17, 15) is 9.50 Å². The smallest absolute Gasteiger partial charge is 0.229 e. The third-order valence-corrected chi connectivity index (χ3v) is 4.28. The SMILES string of the molecule is OCCCn1ncc2cc(Nc3ncc(F)c(Nc4cccc(O)c4)n3)ccc21. The minimum absolute atomic E-state index is 0.00833. The topological polar surface area (TPSA) is 108 Å². The van der Waals surface area contributed by atoms with Gasteiger partial charge < -0.3 is 20.8 Å². The summed E-state index contributed by atoms with van der Waals surface area (Å²) in [6.45, 7) is 0.750. The predicted molar refractivity (Wildman–Crippen MR) is 108 cm³/mol. The van der Waals surface area contributed by atoms with Gasteiger partial charge in [-0.3, -0.25) is 4.68 Å². The molecule has 0 saturated carbocycles. The molecule has 2 heterocycles. The van der Waals surface area contributed by atoms with E-state index in [1.165, 1.54) is 12.1 Å². The van der Waals surface area contributed by atoms with Gasteiger partial charge in [0.25, 0.3) is 0 Å². The van der Waals surface area contributed by atoms with Crippen molar-refractivity contribution in [1.29, 1.82) is 0 Å². The number of fused-ring (bicyclic) bond motifs is 1. The fourth-order valence-corrected chi connectivity index (χ4v) is 2.93. The number of benzene rings is 2. The average molecular weight is 394 g/mol. The van der Waals surface area contributed by atoms with Crippen molar-refractivity contribution in [3.63, 3.8) is 0 Å². The zero-order valence-corrected chi connectivity index (χ0v) is 15.4. The molecule has 0 atom stereocenters. The highest BCUT2D eigenvalue weighted by Crippen LogP contribution is 2.24. The molecule has 4 rings (SSSR count). The van der Waals surface area contributed by atoms with E-state index in [1.54, 1.807) is 18.3 Å². The Morgan fingerprint density at radius 1 is 1.03 bits per heavy atom. The van der Waals surface area contributed by atoms with Crippen LogP contribution >= 0.6 is 0 Å². The highest BCUT2D eigenvalue weighted by molar-refractivity contribution is 5.83. The van der Waals surface area contributed by atoms with Crippen molar-refractivity contribution in [2.75, 3.05) is 17.2 Å². The molecule has 0 amide bonds. The molecule has 4 N–H and O–H groups in total. The van der Waals surface area contributed by atoms with Gasteiger partial charge in [-0.2, -0.15) is 10.1 Å². The monoisotopic (exact) mass is 394 g/mol. The minimum atomic E-state index is -0.612. The summed E-state index contributed by atoms with van der Waals surface area (Å²) in [7, 11) is 0. The molecule has 8 nitrogen and oxygen atoms in total. The lowest BCUT2D eigenvalue weighted by molar-refractivity contribution is 0.278. The van der Waals surface area contributed by atoms with Crippen LogP contribution < -0.4 is 10.6 Å². The molecule has 2 aromatic heterocycles. The van der Waals surface area contributed by atoms with Gasteiger partial charge >= 0.3 is 0 Å². The van der Waals surface area contributed by atoms with E-state index in [0.717, 1.165) is 22.8 Å². The fourth-order valence-electron chi connectivity index (χ4n) is 2.93. The summed E-state index contributed by atoms with van der Waals surface area (Å²) < 4.78 is 15.9. The van der Waals surface area contributed by atoms with Gasteiger partial charge in [0, 0.05) is 36.0 Å². The number of hydrogen-bond donors (Lipinski definition) is 4. The van der Waals surface area contributed by atoms with Gasteiger partial charge in [0.2, 0.25) is 5.95 Å². The second kappa shape index (κ2) is 8.11. The minimum Gasteiger partial charge on any atom is -0.508 e. The van der Waals surface area contributed by atoms with Crippen molar-refractivity contribution in [3.05, 3.63) is 60.7 Å². The number of nitrogens with zero attached hydrogens (tertiary/aromatic N) is 4. The molecule has 0 fully saturated rings. The third kappa shape index (κ3) is 4.25. The van der Waals surface area contributed by atoms with Gasteiger partial charge in [0.05, 0.1) is 17.9 Å². The Hall–Kier alpha value is -3.72. The first-order chi connectivity index (χ1) is 14.1. The van der Waals surface area contributed by atoms with Gasteiger partial charge in [-0.25, -0.2) is 9.37 Å². The third-order valence-electron chi connectivity index (χ3n) is 4.28. The van der Waals surface area contributed by atoms with Gasteiger partial charge in [0.15, 0.2) is 11.6 Å². The van der Waals surface area contributed by atoms with Crippen LogP contribution in [-0.2, 0) is 6.54 Å².